The van der Waals surface area contributed by atoms with Crippen molar-refractivity contribution in [2.75, 3.05) is 0 Å². The van der Waals surface area contributed by atoms with Crippen LogP contribution in [0.15, 0.2) is 0 Å². The standard InChI is InChI=1S/C6H12F3N/c1-4(2)5(10)3-6(7,8)9/h4-5H,3,10H2,1-2H3. The first-order chi connectivity index (χ1) is 4.33. The highest BCUT2D eigenvalue weighted by Crippen LogP contribution is 2.23. The molecule has 2 N–H and O–H groups in total. The van der Waals surface area contributed by atoms with Crippen molar-refractivity contribution in [3.8, 4) is 0 Å². The highest BCUT2D eigenvalue weighted by molar-refractivity contribution is 4.68. The molecule has 1 atom stereocenters. The van der Waals surface area contributed by atoms with Gasteiger partial charge in [-0.15, -0.1) is 0 Å². The summed E-state index contributed by atoms with van der Waals surface area (Å²) < 4.78 is 34.8. The van der Waals surface area contributed by atoms with Gasteiger partial charge in [-0.25, -0.2) is 0 Å². The SMILES string of the molecule is CC(C)C(N)CC(F)(F)F. The maximum absolute atomic E-state index is 11.6. The number of hydrogen-bond acceptors (Lipinski definition) is 1. The summed E-state index contributed by atoms with van der Waals surface area (Å²) >= 11 is 0. The molecule has 4 heteroatoms. The summed E-state index contributed by atoms with van der Waals surface area (Å²) in [6.45, 7) is 3.35. The highest BCUT2D eigenvalue weighted by Gasteiger charge is 2.31. The van der Waals surface area contributed by atoms with Crippen molar-refractivity contribution in [2.45, 2.75) is 32.5 Å². The largest absolute Gasteiger partial charge is 0.390 e. The minimum absolute atomic E-state index is 0.110. The maximum Gasteiger partial charge on any atom is 0.390 e. The van der Waals surface area contributed by atoms with Gasteiger partial charge in [0.2, 0.25) is 0 Å². The summed E-state index contributed by atoms with van der Waals surface area (Å²) in [6, 6.07) is -0.764. The molecule has 0 rings (SSSR count). The summed E-state index contributed by atoms with van der Waals surface area (Å²) in [4.78, 5) is 0. The van der Waals surface area contributed by atoms with Crippen molar-refractivity contribution in [1.29, 1.82) is 0 Å². The van der Waals surface area contributed by atoms with E-state index in [9.17, 15) is 13.2 Å². The van der Waals surface area contributed by atoms with Crippen LogP contribution in [0.5, 0.6) is 0 Å². The Morgan fingerprint density at radius 1 is 1.30 bits per heavy atom. The molecule has 0 aromatic rings. The molecule has 0 amide bonds. The van der Waals surface area contributed by atoms with Crippen molar-refractivity contribution in [3.63, 3.8) is 0 Å². The zero-order valence-corrected chi connectivity index (χ0v) is 6.07. The molecule has 0 bridgehead atoms. The van der Waals surface area contributed by atoms with Gasteiger partial charge in [0.25, 0.3) is 0 Å². The van der Waals surface area contributed by atoms with Gasteiger partial charge in [0, 0.05) is 6.04 Å². The molecular formula is C6H12F3N. The average molecular weight is 155 g/mol. The third-order valence-corrected chi connectivity index (χ3v) is 1.32. The fraction of sp³-hybridized carbons (Fsp3) is 1.00. The molecule has 0 fully saturated rings. The van der Waals surface area contributed by atoms with Crippen molar-refractivity contribution in [3.05, 3.63) is 0 Å². The van der Waals surface area contributed by atoms with Crippen LogP contribution >= 0.6 is 0 Å². The fourth-order valence-electron chi connectivity index (χ4n) is 0.503. The van der Waals surface area contributed by atoms with Crippen LogP contribution in [-0.2, 0) is 0 Å². The van der Waals surface area contributed by atoms with Crippen LogP contribution in [0.2, 0.25) is 0 Å². The molecule has 0 radical (unpaired) electrons. The van der Waals surface area contributed by atoms with E-state index in [-0.39, 0.29) is 5.92 Å². The van der Waals surface area contributed by atoms with Gasteiger partial charge in [-0.05, 0) is 5.92 Å². The Morgan fingerprint density at radius 3 is 1.80 bits per heavy atom. The number of hydrogen-bond donors (Lipinski definition) is 1. The number of rotatable bonds is 2. The topological polar surface area (TPSA) is 26.0 Å². The lowest BCUT2D eigenvalue weighted by Crippen LogP contribution is -2.32. The van der Waals surface area contributed by atoms with Crippen LogP contribution in [0.4, 0.5) is 13.2 Å². The van der Waals surface area contributed by atoms with E-state index in [1.54, 1.807) is 13.8 Å². The lowest BCUT2D eigenvalue weighted by molar-refractivity contribution is -0.140. The van der Waals surface area contributed by atoms with Gasteiger partial charge in [0.1, 0.15) is 0 Å². The summed E-state index contributed by atoms with van der Waals surface area (Å²) in [5.74, 6) is -0.110. The molecule has 1 unspecified atom stereocenters. The van der Waals surface area contributed by atoms with Crippen molar-refractivity contribution >= 4 is 0 Å². The Bertz CT molecular complexity index is 97.7. The lowest BCUT2D eigenvalue weighted by atomic mass is 10.0. The van der Waals surface area contributed by atoms with Crippen LogP contribution in [0.1, 0.15) is 20.3 Å². The van der Waals surface area contributed by atoms with E-state index in [1.807, 2.05) is 0 Å². The zero-order valence-electron chi connectivity index (χ0n) is 6.07. The molecule has 10 heavy (non-hydrogen) atoms. The first-order valence-electron chi connectivity index (χ1n) is 3.15. The number of halogens is 3. The lowest BCUT2D eigenvalue weighted by Gasteiger charge is -2.16. The van der Waals surface area contributed by atoms with E-state index < -0.39 is 18.6 Å². The summed E-state index contributed by atoms with van der Waals surface area (Å²) in [5, 5.41) is 0. The first kappa shape index (κ1) is 9.75. The van der Waals surface area contributed by atoms with E-state index in [0.717, 1.165) is 0 Å². The monoisotopic (exact) mass is 155 g/mol. The quantitative estimate of drug-likeness (QED) is 0.647. The second-order valence-electron chi connectivity index (χ2n) is 2.73. The molecule has 0 aliphatic heterocycles. The van der Waals surface area contributed by atoms with Crippen molar-refractivity contribution in [1.82, 2.24) is 0 Å². The molecule has 0 aromatic carbocycles. The molecule has 1 nitrogen and oxygen atoms in total. The maximum atomic E-state index is 11.6. The predicted molar refractivity (Wildman–Crippen MR) is 33.5 cm³/mol. The molecule has 0 spiro atoms. The second-order valence-corrected chi connectivity index (χ2v) is 2.73. The van der Waals surface area contributed by atoms with E-state index in [2.05, 4.69) is 0 Å². The Labute approximate surface area is 58.4 Å². The summed E-state index contributed by atoms with van der Waals surface area (Å²) in [7, 11) is 0. The molecular weight excluding hydrogens is 143 g/mol. The van der Waals surface area contributed by atoms with E-state index >= 15 is 0 Å². The Hall–Kier alpha value is -0.250. The molecule has 0 aliphatic carbocycles. The minimum Gasteiger partial charge on any atom is -0.327 e. The minimum atomic E-state index is -4.12. The smallest absolute Gasteiger partial charge is 0.327 e. The van der Waals surface area contributed by atoms with Gasteiger partial charge >= 0.3 is 6.18 Å². The summed E-state index contributed by atoms with van der Waals surface area (Å²) in [5.41, 5.74) is 5.18. The van der Waals surface area contributed by atoms with E-state index in [1.165, 1.54) is 0 Å². The van der Waals surface area contributed by atoms with Crippen molar-refractivity contribution < 1.29 is 13.2 Å². The average Bonchev–Trinajstić information content (AvgIpc) is 1.60. The van der Waals surface area contributed by atoms with E-state index in [0.29, 0.717) is 0 Å². The predicted octanol–water partition coefficient (Wildman–Crippen LogP) is 1.92. The second kappa shape index (κ2) is 3.23. The molecule has 0 aromatic heterocycles. The van der Waals surface area contributed by atoms with Crippen LogP contribution in [0.25, 0.3) is 0 Å². The molecule has 0 aliphatic rings. The summed E-state index contributed by atoms with van der Waals surface area (Å²) in [6.07, 6.45) is -5.01. The van der Waals surface area contributed by atoms with Gasteiger partial charge in [0.05, 0.1) is 6.42 Å². The molecule has 0 saturated heterocycles. The Morgan fingerprint density at radius 2 is 1.70 bits per heavy atom. The van der Waals surface area contributed by atoms with Crippen LogP contribution in [0.3, 0.4) is 0 Å². The van der Waals surface area contributed by atoms with Crippen molar-refractivity contribution in [2.24, 2.45) is 11.7 Å². The normalized spacial score (nSPS) is 15.9. The first-order valence-corrected chi connectivity index (χ1v) is 3.15. The third kappa shape index (κ3) is 4.61. The molecule has 0 heterocycles. The molecule has 0 saturated carbocycles. The highest BCUT2D eigenvalue weighted by atomic mass is 19.4. The number of nitrogens with two attached hydrogens (primary N) is 1. The number of alkyl halides is 3. The van der Waals surface area contributed by atoms with Gasteiger partial charge in [-0.1, -0.05) is 13.8 Å². The van der Waals surface area contributed by atoms with Gasteiger partial charge in [0.15, 0.2) is 0 Å². The van der Waals surface area contributed by atoms with E-state index in [4.69, 9.17) is 5.73 Å². The van der Waals surface area contributed by atoms with Crippen LogP contribution in [-0.4, -0.2) is 12.2 Å². The Kier molecular flexibility index (Phi) is 3.15. The molecule has 62 valence electrons. The fourth-order valence-corrected chi connectivity index (χ4v) is 0.503. The van der Waals surface area contributed by atoms with Gasteiger partial charge in [-0.2, -0.15) is 13.2 Å². The van der Waals surface area contributed by atoms with Crippen LogP contribution in [0, 0.1) is 5.92 Å². The van der Waals surface area contributed by atoms with Gasteiger partial charge in [-0.3, -0.25) is 0 Å². The third-order valence-electron chi connectivity index (χ3n) is 1.32. The Balaban J connectivity index is 3.68. The zero-order chi connectivity index (χ0) is 8.36. The van der Waals surface area contributed by atoms with Gasteiger partial charge < -0.3 is 5.73 Å². The van der Waals surface area contributed by atoms with Crippen LogP contribution < -0.4 is 5.73 Å².